The van der Waals surface area contributed by atoms with E-state index in [1.54, 1.807) is 6.07 Å². The Morgan fingerprint density at radius 1 is 1.53 bits per heavy atom. The third-order valence-corrected chi connectivity index (χ3v) is 3.73. The van der Waals surface area contributed by atoms with Crippen LogP contribution in [-0.2, 0) is 5.75 Å². The highest BCUT2D eigenvalue weighted by atomic mass is 35.5. The summed E-state index contributed by atoms with van der Waals surface area (Å²) in [4.78, 5) is 11.3. The summed E-state index contributed by atoms with van der Waals surface area (Å²) < 4.78 is 0. The number of Topliss-reactive ketones (excluding diaryl/α,β-unsaturated/α-hetero) is 1. The number of phenols is 1. The van der Waals surface area contributed by atoms with Gasteiger partial charge in [0.05, 0.1) is 12.2 Å². The predicted octanol–water partition coefficient (Wildman–Crippen LogP) is 2.86. The molecular weight excluding hydrogens is 260 g/mol. The lowest BCUT2D eigenvalue weighted by atomic mass is 10.1. The Kier molecular flexibility index (Phi) is 5.31. The van der Waals surface area contributed by atoms with E-state index in [2.05, 4.69) is 0 Å². The first-order valence-corrected chi connectivity index (χ1v) is 6.63. The van der Waals surface area contributed by atoms with Gasteiger partial charge in [0.2, 0.25) is 0 Å². The lowest BCUT2D eigenvalue weighted by Crippen LogP contribution is -2.03. The molecule has 0 fully saturated rings. The largest absolute Gasteiger partial charge is 0.507 e. The summed E-state index contributed by atoms with van der Waals surface area (Å²) in [5.74, 6) is 0.278. The fraction of sp³-hybridized carbons (Fsp3) is 0.417. The number of hydrogen-bond acceptors (Lipinski definition) is 4. The number of thioether (sulfide) groups is 1. The second kappa shape index (κ2) is 6.28. The van der Waals surface area contributed by atoms with Crippen LogP contribution in [0.15, 0.2) is 12.1 Å². The lowest BCUT2D eigenvalue weighted by molar-refractivity contribution is 0.101. The molecule has 0 heterocycles. The van der Waals surface area contributed by atoms with Crippen molar-refractivity contribution in [2.24, 2.45) is 0 Å². The maximum absolute atomic E-state index is 11.3. The van der Waals surface area contributed by atoms with Crippen molar-refractivity contribution in [1.82, 2.24) is 0 Å². The van der Waals surface area contributed by atoms with Crippen LogP contribution in [0.4, 0.5) is 0 Å². The third-order valence-electron chi connectivity index (χ3n) is 2.31. The van der Waals surface area contributed by atoms with Gasteiger partial charge in [-0.25, -0.2) is 0 Å². The van der Waals surface area contributed by atoms with Crippen molar-refractivity contribution in [3.8, 4) is 5.75 Å². The number of benzene rings is 1. The van der Waals surface area contributed by atoms with Crippen molar-refractivity contribution < 1.29 is 15.0 Å². The van der Waals surface area contributed by atoms with Crippen molar-refractivity contribution in [1.29, 1.82) is 0 Å². The minimum absolute atomic E-state index is 0.0143. The molecule has 0 amide bonds. The van der Waals surface area contributed by atoms with Gasteiger partial charge in [-0.05, 0) is 19.1 Å². The summed E-state index contributed by atoms with van der Waals surface area (Å²) in [6.07, 6.45) is 0. The van der Waals surface area contributed by atoms with Crippen molar-refractivity contribution in [3.05, 3.63) is 28.3 Å². The van der Waals surface area contributed by atoms with E-state index >= 15 is 0 Å². The molecule has 1 atom stereocenters. The molecule has 0 saturated heterocycles. The minimum atomic E-state index is -0.216. The van der Waals surface area contributed by atoms with E-state index in [0.29, 0.717) is 16.3 Å². The second-order valence-electron chi connectivity index (χ2n) is 3.82. The van der Waals surface area contributed by atoms with Gasteiger partial charge >= 0.3 is 0 Å². The summed E-state index contributed by atoms with van der Waals surface area (Å²) in [5.41, 5.74) is 0.859. The van der Waals surface area contributed by atoms with Crippen LogP contribution >= 0.6 is 23.4 Å². The van der Waals surface area contributed by atoms with Crippen LogP contribution in [0.5, 0.6) is 5.75 Å². The van der Waals surface area contributed by atoms with Crippen molar-refractivity contribution in [2.75, 3.05) is 6.61 Å². The van der Waals surface area contributed by atoms with Crippen LogP contribution in [0.25, 0.3) is 0 Å². The average Bonchev–Trinajstić information content (AvgIpc) is 2.28. The number of aliphatic hydroxyl groups is 1. The molecule has 1 aromatic rings. The van der Waals surface area contributed by atoms with Gasteiger partial charge < -0.3 is 10.2 Å². The Morgan fingerprint density at radius 2 is 2.18 bits per heavy atom. The van der Waals surface area contributed by atoms with Gasteiger partial charge in [0.25, 0.3) is 0 Å². The third kappa shape index (κ3) is 3.91. The Labute approximate surface area is 110 Å². The molecule has 1 aromatic carbocycles. The normalized spacial score (nSPS) is 12.5. The molecule has 94 valence electrons. The number of phenolic OH excluding ortho intramolecular Hbond substituents is 1. The smallest absolute Gasteiger partial charge is 0.163 e. The molecule has 0 spiro atoms. The molecule has 3 nitrogen and oxygen atoms in total. The lowest BCUT2D eigenvalue weighted by Gasteiger charge is -2.11. The molecular formula is C12H15ClO3S. The summed E-state index contributed by atoms with van der Waals surface area (Å²) in [5, 5.41) is 19.3. The van der Waals surface area contributed by atoms with E-state index in [4.69, 9.17) is 16.7 Å². The topological polar surface area (TPSA) is 57.5 Å². The molecule has 17 heavy (non-hydrogen) atoms. The molecule has 0 aliphatic carbocycles. The van der Waals surface area contributed by atoms with Gasteiger partial charge in [0.15, 0.2) is 5.78 Å². The molecule has 0 aliphatic rings. The zero-order valence-corrected chi connectivity index (χ0v) is 11.3. The number of halogens is 1. The number of rotatable bonds is 5. The second-order valence-corrected chi connectivity index (χ2v) is 5.68. The van der Waals surface area contributed by atoms with Gasteiger partial charge in [-0.1, -0.05) is 18.5 Å². The van der Waals surface area contributed by atoms with Crippen molar-refractivity contribution in [2.45, 2.75) is 24.9 Å². The predicted molar refractivity (Wildman–Crippen MR) is 71.0 cm³/mol. The summed E-state index contributed by atoms with van der Waals surface area (Å²) in [6.45, 7) is 3.35. The molecule has 0 saturated carbocycles. The van der Waals surface area contributed by atoms with E-state index in [1.165, 1.54) is 24.8 Å². The number of aromatic hydroxyl groups is 1. The van der Waals surface area contributed by atoms with Gasteiger partial charge in [-0.2, -0.15) is 11.8 Å². The first kappa shape index (κ1) is 14.4. The van der Waals surface area contributed by atoms with Gasteiger partial charge in [-0.15, -0.1) is 0 Å². The van der Waals surface area contributed by atoms with E-state index < -0.39 is 0 Å². The summed E-state index contributed by atoms with van der Waals surface area (Å²) >= 11 is 7.39. The minimum Gasteiger partial charge on any atom is -0.507 e. The van der Waals surface area contributed by atoms with Crippen LogP contribution in [0, 0.1) is 0 Å². The van der Waals surface area contributed by atoms with E-state index in [1.807, 2.05) is 6.92 Å². The van der Waals surface area contributed by atoms with Gasteiger partial charge in [-0.3, -0.25) is 4.79 Å². The molecule has 0 aliphatic heterocycles. The first-order chi connectivity index (χ1) is 7.95. The quantitative estimate of drug-likeness (QED) is 0.811. The van der Waals surface area contributed by atoms with Crippen LogP contribution in [0.1, 0.15) is 29.8 Å². The molecule has 2 N–H and O–H groups in total. The number of carbonyl (C=O) groups excluding carboxylic acids is 1. The summed E-state index contributed by atoms with van der Waals surface area (Å²) in [6, 6.07) is 3.10. The Balaban J connectivity index is 2.95. The van der Waals surface area contributed by atoms with Gasteiger partial charge in [0, 0.05) is 21.6 Å². The first-order valence-electron chi connectivity index (χ1n) is 5.20. The molecule has 0 bridgehead atoms. The highest BCUT2D eigenvalue weighted by Gasteiger charge is 2.13. The molecule has 0 radical (unpaired) electrons. The Bertz CT molecular complexity index is 420. The highest BCUT2D eigenvalue weighted by molar-refractivity contribution is 7.99. The van der Waals surface area contributed by atoms with E-state index in [0.717, 1.165) is 0 Å². The molecule has 1 unspecified atom stereocenters. The number of hydrogen-bond donors (Lipinski definition) is 2. The average molecular weight is 275 g/mol. The number of ketones is 1. The van der Waals surface area contributed by atoms with Gasteiger partial charge in [0.1, 0.15) is 5.75 Å². The maximum atomic E-state index is 11.3. The standard InChI is InChI=1S/C12H15ClO3S/c1-7(5-14)17-6-9-3-10(13)4-11(8(2)15)12(9)16/h3-4,7,14,16H,5-6H2,1-2H3. The van der Waals surface area contributed by atoms with Crippen LogP contribution in [0.2, 0.25) is 5.02 Å². The number of aliphatic hydroxyl groups excluding tert-OH is 1. The zero-order chi connectivity index (χ0) is 13.0. The van der Waals surface area contributed by atoms with Crippen molar-refractivity contribution >= 4 is 29.1 Å². The highest BCUT2D eigenvalue weighted by Crippen LogP contribution is 2.31. The molecule has 1 rings (SSSR count). The molecule has 0 aromatic heterocycles. The number of carbonyl (C=O) groups is 1. The van der Waals surface area contributed by atoms with Crippen LogP contribution in [0.3, 0.4) is 0 Å². The zero-order valence-electron chi connectivity index (χ0n) is 9.74. The van der Waals surface area contributed by atoms with Crippen LogP contribution < -0.4 is 0 Å². The fourth-order valence-corrected chi connectivity index (χ4v) is 2.35. The van der Waals surface area contributed by atoms with E-state index in [9.17, 15) is 9.90 Å². The monoisotopic (exact) mass is 274 g/mol. The van der Waals surface area contributed by atoms with Crippen LogP contribution in [-0.4, -0.2) is 27.9 Å². The Hall–Kier alpha value is -0.710. The molecule has 5 heteroatoms. The Morgan fingerprint density at radius 3 is 2.71 bits per heavy atom. The van der Waals surface area contributed by atoms with E-state index in [-0.39, 0.29) is 29.0 Å². The SMILES string of the molecule is CC(=O)c1cc(Cl)cc(CSC(C)CO)c1O. The summed E-state index contributed by atoms with van der Waals surface area (Å²) in [7, 11) is 0. The fourth-order valence-electron chi connectivity index (χ4n) is 1.32. The maximum Gasteiger partial charge on any atom is 0.163 e. The van der Waals surface area contributed by atoms with Crippen molar-refractivity contribution in [3.63, 3.8) is 0 Å².